The second-order valence-electron chi connectivity index (χ2n) is 17.0. The summed E-state index contributed by atoms with van der Waals surface area (Å²) in [6.07, 6.45) is 5.22. The number of aliphatic imine (C=N–C) groups is 3. The van der Waals surface area contributed by atoms with Crippen LogP contribution in [0.15, 0.2) is 225 Å². The Morgan fingerprint density at radius 3 is 2.02 bits per heavy atom. The lowest BCUT2D eigenvalue weighted by molar-refractivity contribution is 0.291. The number of nitrogens with zero attached hydrogens (tertiary/aromatic N) is 4. The molecule has 3 heterocycles. The largest absolute Gasteiger partial charge is 0.457 e. The van der Waals surface area contributed by atoms with E-state index in [1.54, 1.807) is 0 Å². The highest BCUT2D eigenvalue weighted by Gasteiger charge is 2.49. The monoisotopic (exact) mass is 854 g/mol. The van der Waals surface area contributed by atoms with Crippen molar-refractivity contribution in [3.8, 4) is 39.5 Å². The maximum absolute atomic E-state index is 7.08. The van der Waals surface area contributed by atoms with Crippen molar-refractivity contribution in [1.29, 1.82) is 0 Å². The van der Waals surface area contributed by atoms with Crippen LogP contribution in [0.1, 0.15) is 35.6 Å². The van der Waals surface area contributed by atoms with E-state index in [0.29, 0.717) is 24.6 Å². The van der Waals surface area contributed by atoms with Crippen LogP contribution in [0.5, 0.6) is 17.2 Å². The van der Waals surface area contributed by atoms with Crippen molar-refractivity contribution in [2.45, 2.75) is 25.4 Å². The van der Waals surface area contributed by atoms with Crippen molar-refractivity contribution in [2.24, 2.45) is 15.0 Å². The highest BCUT2D eigenvalue weighted by Crippen LogP contribution is 2.61. The van der Waals surface area contributed by atoms with E-state index in [1.165, 1.54) is 0 Å². The normalized spacial score (nSPS) is 16.3. The molecule has 7 nitrogen and oxygen atoms in total. The summed E-state index contributed by atoms with van der Waals surface area (Å²) < 4.78 is 20.5. The first-order valence-electron chi connectivity index (χ1n) is 22.2. The molecule has 1 unspecified atom stereocenters. The maximum Gasteiger partial charge on any atom is 0.161 e. The molecule has 0 N–H and O–H groups in total. The van der Waals surface area contributed by atoms with Gasteiger partial charge in [-0.2, -0.15) is 0 Å². The lowest BCUT2D eigenvalue weighted by Crippen LogP contribution is -2.51. The molecule has 316 valence electrons. The van der Waals surface area contributed by atoms with Crippen molar-refractivity contribution in [3.05, 3.63) is 228 Å². The van der Waals surface area contributed by atoms with Gasteiger partial charge >= 0.3 is 0 Å². The van der Waals surface area contributed by atoms with Gasteiger partial charge in [0.25, 0.3) is 0 Å². The third kappa shape index (κ3) is 6.72. The summed E-state index contributed by atoms with van der Waals surface area (Å²) in [6.45, 7) is 6.60. The molecule has 0 spiro atoms. The zero-order valence-corrected chi connectivity index (χ0v) is 36.2. The maximum atomic E-state index is 7.08. The molecule has 0 bridgehead atoms. The predicted octanol–water partition coefficient (Wildman–Crippen LogP) is 14.8. The highest BCUT2D eigenvalue weighted by molar-refractivity contribution is 6.21. The van der Waals surface area contributed by atoms with E-state index in [2.05, 4.69) is 151 Å². The minimum atomic E-state index is -0.552. The Kier molecular flexibility index (Phi) is 9.42. The second-order valence-corrected chi connectivity index (χ2v) is 17.0. The van der Waals surface area contributed by atoms with Gasteiger partial charge in [0.15, 0.2) is 28.9 Å². The predicted molar refractivity (Wildman–Crippen MR) is 269 cm³/mol. The molecule has 1 aromatic heterocycles. The minimum absolute atomic E-state index is 0.439. The van der Waals surface area contributed by atoms with Gasteiger partial charge in [-0.1, -0.05) is 152 Å². The molecule has 9 aromatic rings. The minimum Gasteiger partial charge on any atom is -0.457 e. The summed E-state index contributed by atoms with van der Waals surface area (Å²) in [6, 6.07) is 64.2. The van der Waals surface area contributed by atoms with E-state index in [1.807, 2.05) is 72.8 Å². The van der Waals surface area contributed by atoms with Crippen LogP contribution in [0.4, 0.5) is 11.4 Å². The number of furan rings is 1. The van der Waals surface area contributed by atoms with Crippen molar-refractivity contribution in [3.63, 3.8) is 0 Å². The van der Waals surface area contributed by atoms with Crippen LogP contribution >= 0.6 is 0 Å². The Hall–Kier alpha value is -8.55. The Morgan fingerprint density at radius 1 is 0.606 bits per heavy atom. The molecule has 0 radical (unpaired) electrons. The highest BCUT2D eigenvalue weighted by atomic mass is 16.5. The fourth-order valence-corrected chi connectivity index (χ4v) is 9.53. The lowest BCUT2D eigenvalue weighted by Gasteiger charge is -2.51. The zero-order valence-electron chi connectivity index (χ0n) is 36.2. The van der Waals surface area contributed by atoms with Crippen LogP contribution in [-0.2, 0) is 6.54 Å². The van der Waals surface area contributed by atoms with Gasteiger partial charge in [0, 0.05) is 21.9 Å². The lowest BCUT2D eigenvalue weighted by atomic mass is 9.82. The molecular weight excluding hydrogens is 813 g/mol. The summed E-state index contributed by atoms with van der Waals surface area (Å²) >= 11 is 0. The zero-order chi connectivity index (χ0) is 44.2. The molecule has 1 atom stereocenters. The molecule has 2 aliphatic heterocycles. The molecule has 0 amide bonds. The smallest absolute Gasteiger partial charge is 0.161 e. The Bertz CT molecular complexity index is 3500. The fraction of sp³-hybridized carbons (Fsp3) is 0.0678. The molecule has 7 heteroatoms. The summed E-state index contributed by atoms with van der Waals surface area (Å²) in [4.78, 5) is 17.0. The van der Waals surface area contributed by atoms with Crippen molar-refractivity contribution < 1.29 is 13.9 Å². The number of hydrogen-bond acceptors (Lipinski definition) is 5. The molecule has 12 rings (SSSR count). The second kappa shape index (κ2) is 15.9. The van der Waals surface area contributed by atoms with Gasteiger partial charge in [-0.3, -0.25) is 4.99 Å². The number of anilines is 2. The number of ether oxygens (including phenoxy) is 2. The first-order chi connectivity index (χ1) is 32.5. The van der Waals surface area contributed by atoms with Gasteiger partial charge in [0.2, 0.25) is 0 Å². The van der Waals surface area contributed by atoms with Crippen LogP contribution in [0.2, 0.25) is 0 Å². The number of benzene rings is 8. The Labute approximate surface area is 382 Å². The molecule has 1 aliphatic carbocycles. The standard InChI is InChI=1S/C59H42N4O3/c1-59-31-30-44(36-54(59)66-53-35-45(40-20-11-5-12-21-40)34-52-56(53)63(59)48-28-26-43(33-51(48)65-52)39-18-9-4-10-19-39)42-27-29-49-47(32-42)55-46(24-15-25-50(55)64-49)58(61-37-38-16-7-3-8-17-38)62-57(60-2)41-22-13-6-14-23-41/h3-30,32-36H,2,31,37H2,1H3. The number of allylic oxidation sites excluding steroid dienone is 2. The van der Waals surface area contributed by atoms with E-state index in [0.717, 1.165) is 106 Å². The van der Waals surface area contributed by atoms with E-state index < -0.39 is 5.54 Å². The van der Waals surface area contributed by atoms with Gasteiger partial charge in [0.05, 0.1) is 12.2 Å². The fourth-order valence-electron chi connectivity index (χ4n) is 9.53. The Morgan fingerprint density at radius 2 is 1.27 bits per heavy atom. The van der Waals surface area contributed by atoms with Crippen molar-refractivity contribution in [2.75, 3.05) is 4.90 Å². The first-order valence-corrected chi connectivity index (χ1v) is 22.2. The summed E-state index contributed by atoms with van der Waals surface area (Å²) in [5.41, 5.74) is 12.1. The van der Waals surface area contributed by atoms with Crippen LogP contribution in [0.3, 0.4) is 0 Å². The molecule has 0 saturated heterocycles. The van der Waals surface area contributed by atoms with E-state index >= 15 is 0 Å². The number of rotatable bonds is 7. The van der Waals surface area contributed by atoms with Gasteiger partial charge in [-0.15, -0.1) is 0 Å². The number of hydrogen-bond donors (Lipinski definition) is 0. The average Bonchev–Trinajstić information content (AvgIpc) is 3.76. The number of fused-ring (bicyclic) bond motifs is 7. The first kappa shape index (κ1) is 39.1. The molecule has 66 heavy (non-hydrogen) atoms. The molecule has 0 saturated carbocycles. The molecule has 8 aromatic carbocycles. The van der Waals surface area contributed by atoms with Gasteiger partial charge in [-0.05, 0) is 108 Å². The third-order valence-corrected chi connectivity index (χ3v) is 12.9. The van der Waals surface area contributed by atoms with Crippen LogP contribution in [0.25, 0.3) is 49.8 Å². The van der Waals surface area contributed by atoms with Gasteiger partial charge in [-0.25, -0.2) is 9.98 Å². The number of amidine groups is 2. The SMILES string of the molecule is C=NC(=NC(=NCc1ccccc1)c1cccc2oc3ccc(C4=CCC5(C)C(=C4)Oc4cc(-c6ccccc6)cc6c4N5c4ccc(-c5ccccc5)cc4O6)cc3c12)c1ccccc1. The van der Waals surface area contributed by atoms with E-state index in [4.69, 9.17) is 23.9 Å². The van der Waals surface area contributed by atoms with Gasteiger partial charge < -0.3 is 18.8 Å². The summed E-state index contributed by atoms with van der Waals surface area (Å²) in [5, 5.41) is 1.89. The van der Waals surface area contributed by atoms with Crippen LogP contribution < -0.4 is 14.4 Å². The quantitative estimate of drug-likeness (QED) is 0.118. The Balaban J connectivity index is 0.975. The molecule has 3 aliphatic rings. The van der Waals surface area contributed by atoms with Crippen LogP contribution in [-0.4, -0.2) is 23.9 Å². The van der Waals surface area contributed by atoms with Crippen molar-refractivity contribution in [1.82, 2.24) is 0 Å². The van der Waals surface area contributed by atoms with E-state index in [-0.39, 0.29) is 0 Å². The van der Waals surface area contributed by atoms with Gasteiger partial charge in [0.1, 0.15) is 28.2 Å². The van der Waals surface area contributed by atoms with Crippen LogP contribution in [0, 0.1) is 0 Å². The van der Waals surface area contributed by atoms with E-state index in [9.17, 15) is 0 Å². The third-order valence-electron chi connectivity index (χ3n) is 12.9. The summed E-state index contributed by atoms with van der Waals surface area (Å²) in [7, 11) is 0. The average molecular weight is 855 g/mol. The summed E-state index contributed by atoms with van der Waals surface area (Å²) in [5.74, 6) is 4.22. The molecular formula is C59H42N4O3. The molecule has 0 fully saturated rings. The topological polar surface area (TPSA) is 71.9 Å². The van der Waals surface area contributed by atoms with Crippen molar-refractivity contribution >= 4 is 57.3 Å².